The lowest BCUT2D eigenvalue weighted by atomic mass is 10.1. The Morgan fingerprint density at radius 2 is 1.69 bits per heavy atom. The molecule has 9 nitrogen and oxygen atoms in total. The van der Waals surface area contributed by atoms with E-state index in [4.69, 9.17) is 10.2 Å². The number of anilines is 1. The molecule has 0 unspecified atom stereocenters. The second-order valence-corrected chi connectivity index (χ2v) is 6.41. The quantitative estimate of drug-likeness (QED) is 0.563. The van der Waals surface area contributed by atoms with Crippen molar-refractivity contribution < 1.29 is 12.1 Å². The minimum absolute atomic E-state index is 0. The number of carbonyl (C=O) groups excluding carboxylic acids is 1. The summed E-state index contributed by atoms with van der Waals surface area (Å²) in [6, 6.07) is 10.6. The summed E-state index contributed by atoms with van der Waals surface area (Å²) >= 11 is 0. The van der Waals surface area contributed by atoms with Gasteiger partial charge < -0.3 is 15.1 Å². The van der Waals surface area contributed by atoms with Gasteiger partial charge >= 0.3 is 0 Å². The number of benzene rings is 1. The largest absolute Gasteiger partial charge is 0.414 e. The Balaban J connectivity index is 0.00000171. The molecule has 0 saturated carbocycles. The minimum Gasteiger partial charge on any atom is -0.414 e. The summed E-state index contributed by atoms with van der Waals surface area (Å²) < 4.78 is 5.72. The van der Waals surface area contributed by atoms with Crippen LogP contribution in [0, 0.1) is 0 Å². The van der Waals surface area contributed by atoms with Gasteiger partial charge in [-0.25, -0.2) is 9.97 Å². The summed E-state index contributed by atoms with van der Waals surface area (Å²) in [6.07, 6.45) is 4.83. The van der Waals surface area contributed by atoms with E-state index in [1.165, 1.54) is 4.90 Å². The van der Waals surface area contributed by atoms with Crippen molar-refractivity contribution in [2.45, 2.75) is 0 Å². The van der Waals surface area contributed by atoms with Crippen molar-refractivity contribution in [3.8, 4) is 34.3 Å². The van der Waals surface area contributed by atoms with E-state index in [9.17, 15) is 4.79 Å². The van der Waals surface area contributed by atoms with Crippen LogP contribution in [0.2, 0.25) is 0 Å². The predicted molar refractivity (Wildman–Crippen MR) is 111 cm³/mol. The predicted octanol–water partition coefficient (Wildman–Crippen LogP) is 3.03. The Morgan fingerprint density at radius 1 is 1.00 bits per heavy atom. The van der Waals surface area contributed by atoms with Crippen LogP contribution in [-0.4, -0.2) is 50.1 Å². The molecule has 4 aromatic rings. The van der Waals surface area contributed by atoms with E-state index in [-0.39, 0.29) is 20.5 Å². The fraction of sp³-hybridized carbons (Fsp3) is 0.100. The molecule has 0 aliphatic carbocycles. The van der Waals surface area contributed by atoms with Crippen molar-refractivity contribution in [2.24, 2.45) is 0 Å². The molecule has 1 aromatic carbocycles. The van der Waals surface area contributed by atoms with E-state index < -0.39 is 0 Å². The number of nitrogens with zero attached hydrogens (tertiary/aromatic N) is 6. The van der Waals surface area contributed by atoms with Crippen LogP contribution in [0.25, 0.3) is 34.3 Å². The van der Waals surface area contributed by atoms with Gasteiger partial charge in [-0.3, -0.25) is 9.78 Å². The van der Waals surface area contributed by atoms with Crippen LogP contribution in [-0.2, 0) is 0 Å². The van der Waals surface area contributed by atoms with Crippen molar-refractivity contribution in [3.05, 3.63) is 60.6 Å². The maximum atomic E-state index is 12.0. The summed E-state index contributed by atoms with van der Waals surface area (Å²) in [5.41, 5.74) is 8.95. The van der Waals surface area contributed by atoms with Gasteiger partial charge in [-0.1, -0.05) is 12.1 Å². The molecule has 148 valence electrons. The first-order valence-electron chi connectivity index (χ1n) is 8.72. The zero-order valence-electron chi connectivity index (χ0n) is 15.8. The Kier molecular flexibility index (Phi) is 4.70. The normalized spacial score (nSPS) is 10.7. The third-order valence-electron chi connectivity index (χ3n) is 4.19. The lowest BCUT2D eigenvalue weighted by molar-refractivity contribution is 0.0827. The van der Waals surface area contributed by atoms with Gasteiger partial charge in [0.05, 0.1) is 11.9 Å². The third kappa shape index (κ3) is 3.65. The van der Waals surface area contributed by atoms with Gasteiger partial charge in [0.15, 0.2) is 11.5 Å². The van der Waals surface area contributed by atoms with Crippen LogP contribution in [0.4, 0.5) is 5.82 Å². The molecule has 3 heterocycles. The molecule has 2 N–H and O–H groups in total. The summed E-state index contributed by atoms with van der Waals surface area (Å²) in [4.78, 5) is 26.3. The maximum absolute atomic E-state index is 12.0. The fourth-order valence-electron chi connectivity index (χ4n) is 2.67. The standard InChI is InChI=1S/C20H17N7O2.2H2/c1-27(2)20(28)14-5-3-12(4-6-14)15-11-23-17(21)16(24-15)19-26-25-18(29-19)13-7-9-22-10-8-13;;/h3-11H,1-2H3,(H2,21,23);2*1H. The minimum atomic E-state index is -0.0740. The molecule has 0 saturated heterocycles. The van der Waals surface area contributed by atoms with Crippen molar-refractivity contribution in [1.82, 2.24) is 30.0 Å². The third-order valence-corrected chi connectivity index (χ3v) is 4.19. The van der Waals surface area contributed by atoms with E-state index in [1.807, 2.05) is 0 Å². The van der Waals surface area contributed by atoms with Crippen molar-refractivity contribution in [2.75, 3.05) is 19.8 Å². The van der Waals surface area contributed by atoms with Gasteiger partial charge in [-0.15, -0.1) is 10.2 Å². The molecule has 0 spiro atoms. The highest BCUT2D eigenvalue weighted by molar-refractivity contribution is 5.94. The van der Waals surface area contributed by atoms with Crippen LogP contribution >= 0.6 is 0 Å². The highest BCUT2D eigenvalue weighted by Gasteiger charge is 2.17. The number of amides is 1. The van der Waals surface area contributed by atoms with Crippen LogP contribution in [0.3, 0.4) is 0 Å². The van der Waals surface area contributed by atoms with Crippen LogP contribution in [0.15, 0.2) is 59.4 Å². The highest BCUT2D eigenvalue weighted by atomic mass is 16.4. The molecular weight excluding hydrogens is 370 g/mol. The number of rotatable bonds is 4. The van der Waals surface area contributed by atoms with Gasteiger partial charge in [0.1, 0.15) is 0 Å². The molecule has 4 rings (SSSR count). The summed E-state index contributed by atoms with van der Waals surface area (Å²) in [6.45, 7) is 0. The lowest BCUT2D eigenvalue weighted by Crippen LogP contribution is -2.21. The van der Waals surface area contributed by atoms with Crippen molar-refractivity contribution in [3.63, 3.8) is 0 Å². The van der Waals surface area contributed by atoms with Crippen LogP contribution in [0.1, 0.15) is 13.2 Å². The molecule has 0 aliphatic rings. The molecule has 1 amide bonds. The molecule has 0 aliphatic heterocycles. The molecule has 0 bridgehead atoms. The number of carbonyl (C=O) groups is 1. The molecular formula is C20H21N7O2. The first-order valence-corrected chi connectivity index (χ1v) is 8.72. The molecule has 9 heteroatoms. The Hall–Kier alpha value is -4.14. The number of nitrogen functional groups attached to an aromatic ring is 1. The maximum Gasteiger partial charge on any atom is 0.270 e. The topological polar surface area (TPSA) is 124 Å². The Labute approximate surface area is 169 Å². The average Bonchev–Trinajstić information content (AvgIpc) is 3.24. The van der Waals surface area contributed by atoms with Crippen LogP contribution < -0.4 is 5.73 Å². The van der Waals surface area contributed by atoms with E-state index in [2.05, 4.69) is 25.1 Å². The fourth-order valence-corrected chi connectivity index (χ4v) is 2.67. The monoisotopic (exact) mass is 391 g/mol. The van der Waals surface area contributed by atoms with Gasteiger partial charge in [0, 0.05) is 46.0 Å². The Morgan fingerprint density at radius 3 is 2.38 bits per heavy atom. The first-order chi connectivity index (χ1) is 14.0. The van der Waals surface area contributed by atoms with Crippen LogP contribution in [0.5, 0.6) is 0 Å². The van der Waals surface area contributed by atoms with Gasteiger partial charge in [0.2, 0.25) is 5.89 Å². The van der Waals surface area contributed by atoms with Gasteiger partial charge in [-0.05, 0) is 24.3 Å². The van der Waals surface area contributed by atoms with Gasteiger partial charge in [0.25, 0.3) is 11.8 Å². The zero-order chi connectivity index (χ0) is 20.4. The van der Waals surface area contributed by atoms with E-state index in [1.54, 1.807) is 69.1 Å². The SMILES string of the molecule is CN(C)C(=O)c1ccc(-c2cnc(N)c(-c3nnc(-c4ccncc4)o3)n2)cc1.[HH].[HH]. The smallest absolute Gasteiger partial charge is 0.270 e. The second-order valence-electron chi connectivity index (χ2n) is 6.41. The molecule has 3 aromatic heterocycles. The number of hydrogen-bond acceptors (Lipinski definition) is 8. The second kappa shape index (κ2) is 7.47. The molecule has 0 fully saturated rings. The molecule has 29 heavy (non-hydrogen) atoms. The van der Waals surface area contributed by atoms with Gasteiger partial charge in [-0.2, -0.15) is 0 Å². The number of hydrogen-bond donors (Lipinski definition) is 1. The molecule has 0 radical (unpaired) electrons. The zero-order valence-corrected chi connectivity index (χ0v) is 15.8. The van der Waals surface area contributed by atoms with E-state index >= 15 is 0 Å². The first kappa shape index (κ1) is 18.2. The van der Waals surface area contributed by atoms with Crippen molar-refractivity contribution >= 4 is 11.7 Å². The van der Waals surface area contributed by atoms with Crippen molar-refractivity contribution in [1.29, 1.82) is 0 Å². The summed E-state index contributed by atoms with van der Waals surface area (Å²) in [5, 5.41) is 8.09. The number of pyridine rings is 1. The van der Waals surface area contributed by atoms with E-state index in [0.717, 1.165) is 11.1 Å². The average molecular weight is 391 g/mol. The summed E-state index contributed by atoms with van der Waals surface area (Å²) in [7, 11) is 3.41. The Bertz CT molecular complexity index is 1170. The highest BCUT2D eigenvalue weighted by Crippen LogP contribution is 2.27. The summed E-state index contributed by atoms with van der Waals surface area (Å²) in [5.74, 6) is 0.608. The lowest BCUT2D eigenvalue weighted by Gasteiger charge is -2.10. The van der Waals surface area contributed by atoms with E-state index in [0.29, 0.717) is 22.8 Å². The number of aromatic nitrogens is 5. The molecule has 0 atom stereocenters. The number of nitrogens with two attached hydrogens (primary N) is 1.